The van der Waals surface area contributed by atoms with Crippen molar-refractivity contribution in [2.75, 3.05) is 0 Å². The monoisotopic (exact) mass is 611 g/mol. The molecular formula is C38H61NO5. The lowest BCUT2D eigenvalue weighted by Crippen LogP contribution is -2.72. The average Bonchev–Trinajstić information content (AvgIpc) is 2.94. The van der Waals surface area contributed by atoms with Crippen LogP contribution in [0.3, 0.4) is 0 Å². The van der Waals surface area contributed by atoms with Crippen LogP contribution < -0.4 is 5.32 Å². The third-order valence-corrected chi connectivity index (χ3v) is 15.0. The molecule has 0 bridgehead atoms. The number of allylic oxidation sites excluding steroid dienone is 2. The van der Waals surface area contributed by atoms with E-state index < -0.39 is 17.6 Å². The van der Waals surface area contributed by atoms with E-state index in [4.69, 9.17) is 5.11 Å². The highest BCUT2D eigenvalue weighted by atomic mass is 16.4. The lowest BCUT2D eigenvalue weighted by Gasteiger charge is -2.70. The third kappa shape index (κ3) is 5.21. The molecule has 3 N–H and O–H groups in total. The smallest absolute Gasteiger partial charge is 0.303 e. The average molecular weight is 612 g/mol. The van der Waals surface area contributed by atoms with E-state index in [1.165, 1.54) is 24.8 Å². The fourth-order valence-electron chi connectivity index (χ4n) is 12.0. The molecule has 5 aliphatic rings. The number of fused-ring (bicyclic) bond motifs is 7. The topological polar surface area (TPSA) is 104 Å². The van der Waals surface area contributed by atoms with E-state index in [1.807, 2.05) is 6.92 Å². The van der Waals surface area contributed by atoms with Gasteiger partial charge in [0, 0.05) is 18.8 Å². The Bertz CT molecular complexity index is 1180. The Labute approximate surface area is 266 Å². The Morgan fingerprint density at radius 2 is 1.52 bits per heavy atom. The number of carbonyl (C=O) groups excluding carboxylic acids is 2. The maximum absolute atomic E-state index is 14.6. The summed E-state index contributed by atoms with van der Waals surface area (Å²) in [6, 6.07) is 0. The fraction of sp³-hybridized carbons (Fsp3) is 0.868. The molecule has 0 aliphatic heterocycles. The summed E-state index contributed by atoms with van der Waals surface area (Å²) in [6.45, 7) is 16.6. The van der Waals surface area contributed by atoms with Crippen LogP contribution in [0.2, 0.25) is 0 Å². The van der Waals surface area contributed by atoms with E-state index >= 15 is 0 Å². The zero-order valence-corrected chi connectivity index (χ0v) is 28.8. The van der Waals surface area contributed by atoms with Crippen LogP contribution in [0, 0.1) is 51.2 Å². The molecule has 0 unspecified atom stereocenters. The maximum Gasteiger partial charge on any atom is 0.303 e. The number of ketones is 1. The van der Waals surface area contributed by atoms with Crippen molar-refractivity contribution in [3.05, 3.63) is 11.6 Å². The zero-order valence-electron chi connectivity index (χ0n) is 28.8. The number of amides is 1. The Morgan fingerprint density at radius 3 is 2.20 bits per heavy atom. The molecule has 0 spiro atoms. The van der Waals surface area contributed by atoms with Gasteiger partial charge in [-0.15, -0.1) is 0 Å². The number of carbonyl (C=O) groups is 3. The highest BCUT2D eigenvalue weighted by molar-refractivity contribution is 5.95. The SMILES string of the molecule is C[C@H]1[C@H](C)CC[C@]2(C)CC[C@]3(C)C(=CC(=O)[C@@H]4[C@@]5(C)CC[C@@H](O)[C@](C)(NC(=O)CCCCCCCC(=O)O)[C@@H]5CC[C@]43C)[C@H]12. The highest BCUT2D eigenvalue weighted by Crippen LogP contribution is 2.74. The number of aliphatic hydroxyl groups is 1. The van der Waals surface area contributed by atoms with Crippen molar-refractivity contribution in [3.63, 3.8) is 0 Å². The van der Waals surface area contributed by atoms with Crippen molar-refractivity contribution in [2.45, 2.75) is 156 Å². The maximum atomic E-state index is 14.6. The molecule has 0 aromatic rings. The number of carboxylic acid groups (broad SMARTS) is 1. The molecule has 1 amide bonds. The summed E-state index contributed by atoms with van der Waals surface area (Å²) in [5, 5.41) is 23.6. The van der Waals surface area contributed by atoms with Gasteiger partial charge >= 0.3 is 5.97 Å². The van der Waals surface area contributed by atoms with Crippen LogP contribution in [0.5, 0.6) is 0 Å². The largest absolute Gasteiger partial charge is 0.481 e. The second-order valence-electron chi connectivity index (χ2n) is 17.3. The number of aliphatic carboxylic acids is 1. The molecule has 6 nitrogen and oxygen atoms in total. The molecule has 44 heavy (non-hydrogen) atoms. The van der Waals surface area contributed by atoms with Crippen molar-refractivity contribution in [3.8, 4) is 0 Å². The molecule has 11 atom stereocenters. The minimum atomic E-state index is -0.767. The Balaban J connectivity index is 1.37. The van der Waals surface area contributed by atoms with Crippen molar-refractivity contribution < 1.29 is 24.6 Å². The summed E-state index contributed by atoms with van der Waals surface area (Å²) in [6.07, 6.45) is 14.4. The van der Waals surface area contributed by atoms with Crippen molar-refractivity contribution in [1.29, 1.82) is 0 Å². The Kier molecular flexibility index (Phi) is 9.06. The summed E-state index contributed by atoms with van der Waals surface area (Å²) in [4.78, 5) is 38.6. The zero-order chi connectivity index (χ0) is 32.3. The van der Waals surface area contributed by atoms with E-state index in [1.54, 1.807) is 0 Å². The number of hydrogen-bond acceptors (Lipinski definition) is 4. The van der Waals surface area contributed by atoms with Gasteiger partial charge in [-0.3, -0.25) is 14.4 Å². The van der Waals surface area contributed by atoms with Gasteiger partial charge < -0.3 is 15.5 Å². The first-order valence-corrected chi connectivity index (χ1v) is 18.0. The standard InChI is InChI=1S/C38H61NO5/c1-24-15-18-34(3)21-22-36(5)26(32(34)25(24)2)23-27(40)33-35(4)19-17-29(41)38(7,28(35)16-20-37(33,36)6)39-30(42)13-11-9-8-10-12-14-31(43)44/h23-25,28-29,32-33,41H,8-22H2,1-7H3,(H,39,42)(H,43,44)/t24-,25+,28-,29-,32+,33-,34-,35+,36-,37-,38-/m1/s1. The lowest BCUT2D eigenvalue weighted by atomic mass is 9.33. The van der Waals surface area contributed by atoms with Crippen molar-refractivity contribution in [2.24, 2.45) is 51.2 Å². The predicted molar refractivity (Wildman–Crippen MR) is 174 cm³/mol. The second-order valence-corrected chi connectivity index (χ2v) is 17.3. The Hall–Kier alpha value is -1.69. The number of hydrogen-bond donors (Lipinski definition) is 3. The van der Waals surface area contributed by atoms with Gasteiger partial charge in [-0.2, -0.15) is 0 Å². The molecule has 4 fully saturated rings. The van der Waals surface area contributed by atoms with Gasteiger partial charge in [-0.05, 0) is 123 Å². The molecular weight excluding hydrogens is 550 g/mol. The molecule has 0 aromatic carbocycles. The van der Waals surface area contributed by atoms with Gasteiger partial charge in [0.25, 0.3) is 0 Å². The molecule has 0 saturated heterocycles. The first-order valence-electron chi connectivity index (χ1n) is 18.0. The van der Waals surface area contributed by atoms with Gasteiger partial charge in [-0.1, -0.05) is 66.4 Å². The summed E-state index contributed by atoms with van der Waals surface area (Å²) < 4.78 is 0. The van der Waals surface area contributed by atoms with E-state index in [-0.39, 0.29) is 45.8 Å². The van der Waals surface area contributed by atoms with Gasteiger partial charge in [0.15, 0.2) is 5.78 Å². The van der Waals surface area contributed by atoms with E-state index in [9.17, 15) is 19.5 Å². The fourth-order valence-corrected chi connectivity index (χ4v) is 12.0. The van der Waals surface area contributed by atoms with Gasteiger partial charge in [-0.25, -0.2) is 0 Å². The van der Waals surface area contributed by atoms with Crippen LogP contribution >= 0.6 is 0 Å². The minimum absolute atomic E-state index is 0.0186. The minimum Gasteiger partial charge on any atom is -0.481 e. The summed E-state index contributed by atoms with van der Waals surface area (Å²) in [7, 11) is 0. The van der Waals surface area contributed by atoms with Crippen LogP contribution in [0.4, 0.5) is 0 Å². The quantitative estimate of drug-likeness (QED) is 0.230. The van der Waals surface area contributed by atoms with Crippen LogP contribution in [-0.2, 0) is 14.4 Å². The van der Waals surface area contributed by atoms with Gasteiger partial charge in [0.05, 0.1) is 11.6 Å². The molecule has 0 aromatic heterocycles. The number of nitrogens with one attached hydrogen (secondary N) is 1. The van der Waals surface area contributed by atoms with Crippen LogP contribution in [0.25, 0.3) is 0 Å². The molecule has 5 rings (SSSR count). The summed E-state index contributed by atoms with van der Waals surface area (Å²) in [5.74, 6) is 1.15. The molecule has 248 valence electrons. The van der Waals surface area contributed by atoms with Crippen molar-refractivity contribution >= 4 is 17.7 Å². The lowest BCUT2D eigenvalue weighted by molar-refractivity contribution is -0.194. The van der Waals surface area contributed by atoms with Crippen LogP contribution in [0.15, 0.2) is 11.6 Å². The second kappa shape index (κ2) is 11.8. The predicted octanol–water partition coefficient (Wildman–Crippen LogP) is 7.87. The molecule has 0 radical (unpaired) electrons. The molecule has 4 saturated carbocycles. The normalized spacial score (nSPS) is 46.5. The van der Waals surface area contributed by atoms with E-state index in [0.717, 1.165) is 51.4 Å². The van der Waals surface area contributed by atoms with E-state index in [0.29, 0.717) is 42.8 Å². The van der Waals surface area contributed by atoms with Gasteiger partial charge in [0.2, 0.25) is 5.91 Å². The van der Waals surface area contributed by atoms with Crippen molar-refractivity contribution in [1.82, 2.24) is 5.32 Å². The van der Waals surface area contributed by atoms with E-state index in [2.05, 4.69) is 52.9 Å². The number of aliphatic hydroxyl groups excluding tert-OH is 1. The third-order valence-electron chi connectivity index (χ3n) is 15.0. The van der Waals surface area contributed by atoms with Crippen LogP contribution in [-0.4, -0.2) is 39.5 Å². The Morgan fingerprint density at radius 1 is 0.864 bits per heavy atom. The molecule has 0 heterocycles. The first kappa shape index (κ1) is 33.7. The van der Waals surface area contributed by atoms with Crippen LogP contribution in [0.1, 0.15) is 145 Å². The van der Waals surface area contributed by atoms with Gasteiger partial charge in [0.1, 0.15) is 0 Å². The first-order chi connectivity index (χ1) is 20.5. The molecule has 6 heteroatoms. The molecule has 5 aliphatic carbocycles. The number of carboxylic acids is 1. The summed E-state index contributed by atoms with van der Waals surface area (Å²) in [5.41, 5.74) is 0.497. The summed E-state index contributed by atoms with van der Waals surface area (Å²) >= 11 is 0. The number of rotatable bonds is 9. The highest BCUT2D eigenvalue weighted by Gasteiger charge is 2.70. The number of unbranched alkanes of at least 4 members (excludes halogenated alkanes) is 4.